The molecule has 2 aliphatic rings. The van der Waals surface area contributed by atoms with Crippen LogP contribution in [0.1, 0.15) is 36.9 Å². The highest BCUT2D eigenvalue weighted by Crippen LogP contribution is 2.31. The molecular formula is C17H21N3O3. The fourth-order valence-electron chi connectivity index (χ4n) is 2.81. The van der Waals surface area contributed by atoms with Crippen molar-refractivity contribution in [2.45, 2.75) is 44.8 Å². The van der Waals surface area contributed by atoms with Crippen LogP contribution in [0.2, 0.25) is 0 Å². The second-order valence-corrected chi connectivity index (χ2v) is 6.11. The molecule has 1 aromatic heterocycles. The highest BCUT2D eigenvalue weighted by Gasteiger charge is 2.35. The Kier molecular flexibility index (Phi) is 4.89. The Morgan fingerprint density at radius 3 is 2.96 bits per heavy atom. The summed E-state index contributed by atoms with van der Waals surface area (Å²) in [7, 11) is 0. The Hall–Kier alpha value is -1.97. The summed E-state index contributed by atoms with van der Waals surface area (Å²) in [6, 6.07) is 5.68. The van der Waals surface area contributed by atoms with Crippen molar-refractivity contribution in [2.75, 3.05) is 24.7 Å². The molecule has 122 valence electrons. The van der Waals surface area contributed by atoms with Gasteiger partial charge in [0.25, 0.3) is 5.91 Å². The summed E-state index contributed by atoms with van der Waals surface area (Å²) in [6.45, 7) is 3.08. The number of hydrogen-bond acceptors (Lipinski definition) is 5. The molecule has 1 aromatic rings. The smallest absolute Gasteiger partial charge is 0.254 e. The van der Waals surface area contributed by atoms with Crippen LogP contribution in [0.3, 0.4) is 0 Å². The number of rotatable bonds is 6. The molecule has 0 bridgehead atoms. The topological polar surface area (TPSA) is 75.5 Å². The molecule has 1 atom stereocenters. The average Bonchev–Trinajstić information content (AvgIpc) is 3.21. The molecule has 6 nitrogen and oxygen atoms in total. The van der Waals surface area contributed by atoms with Crippen molar-refractivity contribution in [3.05, 3.63) is 23.4 Å². The van der Waals surface area contributed by atoms with E-state index in [1.165, 1.54) is 0 Å². The van der Waals surface area contributed by atoms with Gasteiger partial charge in [0.1, 0.15) is 12.4 Å². The van der Waals surface area contributed by atoms with Gasteiger partial charge in [0.15, 0.2) is 0 Å². The van der Waals surface area contributed by atoms with Crippen molar-refractivity contribution in [2.24, 2.45) is 0 Å². The predicted octanol–water partition coefficient (Wildman–Crippen LogP) is 1.95. The van der Waals surface area contributed by atoms with E-state index < -0.39 is 0 Å². The summed E-state index contributed by atoms with van der Waals surface area (Å²) in [5.74, 6) is 0.447. The molecule has 1 saturated heterocycles. The lowest BCUT2D eigenvalue weighted by Crippen LogP contribution is -2.37. The molecule has 23 heavy (non-hydrogen) atoms. The minimum Gasteiger partial charge on any atom is -0.376 e. The minimum atomic E-state index is -0.104. The van der Waals surface area contributed by atoms with E-state index in [0.29, 0.717) is 18.0 Å². The quantitative estimate of drug-likeness (QED) is 0.802. The molecular weight excluding hydrogens is 294 g/mol. The first kappa shape index (κ1) is 15.9. The normalized spacial score (nSPS) is 20.3. The molecule has 0 radical (unpaired) electrons. The van der Waals surface area contributed by atoms with Crippen LogP contribution in [0.5, 0.6) is 0 Å². The van der Waals surface area contributed by atoms with Crippen LogP contribution in [-0.2, 0) is 14.3 Å². The average molecular weight is 315 g/mol. The van der Waals surface area contributed by atoms with Gasteiger partial charge in [-0.2, -0.15) is 5.26 Å². The van der Waals surface area contributed by atoms with E-state index in [4.69, 9.17) is 14.7 Å². The third kappa shape index (κ3) is 4.06. The number of nitrogens with zero attached hydrogens (tertiary/aromatic N) is 3. The van der Waals surface area contributed by atoms with Crippen molar-refractivity contribution >= 4 is 11.7 Å². The number of amides is 1. The third-order valence-electron chi connectivity index (χ3n) is 4.05. The third-order valence-corrected chi connectivity index (χ3v) is 4.05. The molecule has 2 fully saturated rings. The monoisotopic (exact) mass is 315 g/mol. The van der Waals surface area contributed by atoms with Crippen LogP contribution in [0.25, 0.3) is 0 Å². The van der Waals surface area contributed by atoms with Gasteiger partial charge in [-0.25, -0.2) is 4.98 Å². The maximum Gasteiger partial charge on any atom is 0.254 e. The van der Waals surface area contributed by atoms with Crippen molar-refractivity contribution in [3.63, 3.8) is 0 Å². The SMILES string of the molecule is Cc1cc(C#N)cc(N(C(=O)COCC2CCCO2)C2CC2)n1. The number of aryl methyl sites for hydroxylation is 1. The number of anilines is 1. The predicted molar refractivity (Wildman–Crippen MR) is 84.0 cm³/mol. The summed E-state index contributed by atoms with van der Waals surface area (Å²) in [5.41, 5.74) is 1.25. The van der Waals surface area contributed by atoms with E-state index in [2.05, 4.69) is 11.1 Å². The van der Waals surface area contributed by atoms with Crippen LogP contribution in [0.4, 0.5) is 5.82 Å². The number of nitriles is 1. The molecule has 3 rings (SSSR count). The van der Waals surface area contributed by atoms with Crippen LogP contribution in [-0.4, -0.2) is 42.9 Å². The van der Waals surface area contributed by atoms with Gasteiger partial charge in [-0.3, -0.25) is 9.69 Å². The Morgan fingerprint density at radius 1 is 1.48 bits per heavy atom. The molecule has 1 amide bonds. The van der Waals surface area contributed by atoms with Gasteiger partial charge in [-0.1, -0.05) is 0 Å². The maximum atomic E-state index is 12.5. The first-order chi connectivity index (χ1) is 11.2. The number of ether oxygens (including phenoxy) is 2. The standard InChI is InChI=1S/C17H21N3O3/c1-12-7-13(9-18)8-16(19-12)20(14-4-5-14)17(21)11-22-10-15-3-2-6-23-15/h7-8,14-15H,2-6,10-11H2,1H3. The fourth-order valence-corrected chi connectivity index (χ4v) is 2.81. The molecule has 0 aromatic carbocycles. The molecule has 2 heterocycles. The molecule has 6 heteroatoms. The van der Waals surface area contributed by atoms with Crippen molar-refractivity contribution in [1.29, 1.82) is 5.26 Å². The van der Waals surface area contributed by atoms with E-state index in [9.17, 15) is 4.79 Å². The Bertz CT molecular complexity index is 616. The summed E-state index contributed by atoms with van der Waals surface area (Å²) in [5, 5.41) is 9.10. The lowest BCUT2D eigenvalue weighted by Gasteiger charge is -2.22. The zero-order chi connectivity index (χ0) is 16.2. The van der Waals surface area contributed by atoms with Gasteiger partial charge in [-0.05, 0) is 44.7 Å². The Labute approximate surface area is 136 Å². The molecule has 1 saturated carbocycles. The highest BCUT2D eigenvalue weighted by atomic mass is 16.5. The largest absolute Gasteiger partial charge is 0.376 e. The first-order valence-electron chi connectivity index (χ1n) is 8.07. The summed E-state index contributed by atoms with van der Waals surface area (Å²) >= 11 is 0. The lowest BCUT2D eigenvalue weighted by molar-refractivity contribution is -0.124. The Morgan fingerprint density at radius 2 is 2.30 bits per heavy atom. The summed E-state index contributed by atoms with van der Waals surface area (Å²) in [6.07, 6.45) is 4.09. The first-order valence-corrected chi connectivity index (χ1v) is 8.07. The summed E-state index contributed by atoms with van der Waals surface area (Å²) < 4.78 is 11.0. The van der Waals surface area contributed by atoms with Crippen LogP contribution < -0.4 is 4.90 Å². The zero-order valence-electron chi connectivity index (χ0n) is 13.3. The number of pyridine rings is 1. The lowest BCUT2D eigenvalue weighted by atomic mass is 10.2. The number of carbonyl (C=O) groups is 1. The van der Waals surface area contributed by atoms with Gasteiger partial charge in [0.05, 0.1) is 24.3 Å². The van der Waals surface area contributed by atoms with Gasteiger partial charge >= 0.3 is 0 Å². The molecule has 1 aliphatic carbocycles. The highest BCUT2D eigenvalue weighted by molar-refractivity contribution is 5.94. The van der Waals surface area contributed by atoms with Crippen LogP contribution in [0.15, 0.2) is 12.1 Å². The Balaban J connectivity index is 1.65. The van der Waals surface area contributed by atoms with Gasteiger partial charge in [0, 0.05) is 18.3 Å². The van der Waals surface area contributed by atoms with Crippen molar-refractivity contribution in [3.8, 4) is 6.07 Å². The molecule has 1 unspecified atom stereocenters. The number of aromatic nitrogens is 1. The summed E-state index contributed by atoms with van der Waals surface area (Å²) in [4.78, 5) is 18.7. The molecule has 1 aliphatic heterocycles. The zero-order valence-corrected chi connectivity index (χ0v) is 13.3. The van der Waals surface area contributed by atoms with Crippen LogP contribution in [0, 0.1) is 18.3 Å². The van der Waals surface area contributed by atoms with E-state index in [-0.39, 0.29) is 24.7 Å². The van der Waals surface area contributed by atoms with Crippen molar-refractivity contribution in [1.82, 2.24) is 4.98 Å². The molecule has 0 spiro atoms. The second-order valence-electron chi connectivity index (χ2n) is 6.11. The molecule has 0 N–H and O–H groups in total. The van der Waals surface area contributed by atoms with E-state index in [1.54, 1.807) is 17.0 Å². The van der Waals surface area contributed by atoms with E-state index in [1.807, 2.05) is 6.92 Å². The fraction of sp³-hybridized carbons (Fsp3) is 0.588. The second kappa shape index (κ2) is 7.07. The number of hydrogen-bond donors (Lipinski definition) is 0. The minimum absolute atomic E-state index is 0.0217. The van der Waals surface area contributed by atoms with Gasteiger partial charge in [-0.15, -0.1) is 0 Å². The van der Waals surface area contributed by atoms with Gasteiger partial charge < -0.3 is 9.47 Å². The maximum absolute atomic E-state index is 12.5. The number of carbonyl (C=O) groups excluding carboxylic acids is 1. The van der Waals surface area contributed by atoms with E-state index in [0.717, 1.165) is 38.0 Å². The van der Waals surface area contributed by atoms with Crippen molar-refractivity contribution < 1.29 is 14.3 Å². The van der Waals surface area contributed by atoms with E-state index >= 15 is 0 Å². The van der Waals surface area contributed by atoms with Crippen LogP contribution >= 0.6 is 0 Å². The van der Waals surface area contributed by atoms with Gasteiger partial charge in [0.2, 0.25) is 0 Å².